The first-order valence-electron chi connectivity index (χ1n) is 5.62. The molecule has 2 N–H and O–H groups in total. The monoisotopic (exact) mass is 262 g/mol. The molecule has 5 heteroatoms. The van der Waals surface area contributed by atoms with Crippen LogP contribution in [0.2, 0.25) is 0 Å². The van der Waals surface area contributed by atoms with Gasteiger partial charge in [0.2, 0.25) is 5.91 Å². The van der Waals surface area contributed by atoms with Gasteiger partial charge in [0.15, 0.2) is 0 Å². The van der Waals surface area contributed by atoms with Crippen molar-refractivity contribution in [1.82, 2.24) is 4.98 Å². The van der Waals surface area contributed by atoms with Gasteiger partial charge in [-0.05, 0) is 19.1 Å². The molecule has 0 aliphatic carbocycles. The molecule has 1 atom stereocenters. The standard InChI is InChI=1S/C13H14N2O2S/c1-9(13-15-11(7-16)8-18-13)12(17)14-10-5-3-2-4-6-10/h2-6,8-9,16H,7H2,1H3,(H,14,17). The Morgan fingerprint density at radius 2 is 2.17 bits per heavy atom. The number of hydrogen-bond acceptors (Lipinski definition) is 4. The number of aromatic nitrogens is 1. The van der Waals surface area contributed by atoms with Gasteiger partial charge in [0.25, 0.3) is 0 Å². The molecule has 0 aliphatic heterocycles. The normalized spacial score (nSPS) is 12.1. The minimum absolute atomic E-state index is 0.0937. The third-order valence-electron chi connectivity index (χ3n) is 2.54. The lowest BCUT2D eigenvalue weighted by atomic mass is 10.1. The minimum Gasteiger partial charge on any atom is -0.390 e. The molecule has 0 saturated carbocycles. The smallest absolute Gasteiger partial charge is 0.234 e. The van der Waals surface area contributed by atoms with Gasteiger partial charge in [-0.25, -0.2) is 4.98 Å². The zero-order chi connectivity index (χ0) is 13.0. The first kappa shape index (κ1) is 12.7. The SMILES string of the molecule is CC(C(=O)Nc1ccccc1)c1nc(CO)cs1. The molecule has 1 aromatic heterocycles. The third kappa shape index (κ3) is 2.94. The predicted octanol–water partition coefficient (Wildman–Crippen LogP) is 2.38. The molecule has 2 aromatic rings. The van der Waals surface area contributed by atoms with Crippen molar-refractivity contribution in [2.24, 2.45) is 0 Å². The van der Waals surface area contributed by atoms with Crippen LogP contribution in [0.4, 0.5) is 5.69 Å². The van der Waals surface area contributed by atoms with Crippen LogP contribution in [0, 0.1) is 0 Å². The second-order valence-corrected chi connectivity index (χ2v) is 4.80. The van der Waals surface area contributed by atoms with Gasteiger partial charge in [-0.3, -0.25) is 4.79 Å². The van der Waals surface area contributed by atoms with Crippen LogP contribution < -0.4 is 5.32 Å². The maximum atomic E-state index is 12.0. The average Bonchev–Trinajstić information content (AvgIpc) is 2.87. The van der Waals surface area contributed by atoms with E-state index in [4.69, 9.17) is 5.11 Å². The number of aliphatic hydroxyl groups is 1. The Balaban J connectivity index is 2.05. The number of para-hydroxylation sites is 1. The van der Waals surface area contributed by atoms with E-state index in [0.29, 0.717) is 10.7 Å². The summed E-state index contributed by atoms with van der Waals surface area (Å²) in [6.45, 7) is 1.71. The molecular weight excluding hydrogens is 248 g/mol. The van der Waals surface area contributed by atoms with E-state index in [2.05, 4.69) is 10.3 Å². The van der Waals surface area contributed by atoms with E-state index in [-0.39, 0.29) is 18.4 Å². The van der Waals surface area contributed by atoms with Gasteiger partial charge >= 0.3 is 0 Å². The molecule has 1 amide bonds. The molecule has 0 fully saturated rings. The number of carbonyl (C=O) groups is 1. The van der Waals surface area contributed by atoms with Crippen LogP contribution in [0.5, 0.6) is 0 Å². The van der Waals surface area contributed by atoms with E-state index in [9.17, 15) is 4.79 Å². The van der Waals surface area contributed by atoms with E-state index >= 15 is 0 Å². The van der Waals surface area contributed by atoms with Crippen molar-refractivity contribution in [3.8, 4) is 0 Å². The van der Waals surface area contributed by atoms with E-state index in [1.54, 1.807) is 12.3 Å². The van der Waals surface area contributed by atoms with Crippen LogP contribution in [0.3, 0.4) is 0 Å². The first-order chi connectivity index (χ1) is 8.70. The number of nitrogens with zero attached hydrogens (tertiary/aromatic N) is 1. The van der Waals surface area contributed by atoms with Gasteiger partial charge in [-0.2, -0.15) is 0 Å². The summed E-state index contributed by atoms with van der Waals surface area (Å²) >= 11 is 1.39. The Hall–Kier alpha value is -1.72. The van der Waals surface area contributed by atoms with Crippen LogP contribution >= 0.6 is 11.3 Å². The lowest BCUT2D eigenvalue weighted by Crippen LogP contribution is -2.18. The third-order valence-corrected chi connectivity index (χ3v) is 3.61. The molecule has 0 radical (unpaired) electrons. The molecule has 1 heterocycles. The topological polar surface area (TPSA) is 62.2 Å². The number of anilines is 1. The number of rotatable bonds is 4. The summed E-state index contributed by atoms with van der Waals surface area (Å²) in [5.74, 6) is -0.421. The molecule has 2 rings (SSSR count). The molecule has 94 valence electrons. The first-order valence-corrected chi connectivity index (χ1v) is 6.49. The zero-order valence-electron chi connectivity index (χ0n) is 9.96. The lowest BCUT2D eigenvalue weighted by molar-refractivity contribution is -0.117. The Morgan fingerprint density at radius 1 is 1.44 bits per heavy atom. The number of thiazole rings is 1. The van der Waals surface area contributed by atoms with Crippen molar-refractivity contribution >= 4 is 22.9 Å². The predicted molar refractivity (Wildman–Crippen MR) is 71.5 cm³/mol. The van der Waals surface area contributed by atoms with E-state index in [1.807, 2.05) is 30.3 Å². The average molecular weight is 262 g/mol. The fraction of sp³-hybridized carbons (Fsp3) is 0.231. The van der Waals surface area contributed by atoms with Gasteiger partial charge in [-0.1, -0.05) is 18.2 Å². The van der Waals surface area contributed by atoms with Gasteiger partial charge in [0.1, 0.15) is 5.01 Å². The summed E-state index contributed by atoms with van der Waals surface area (Å²) < 4.78 is 0. The highest BCUT2D eigenvalue weighted by Gasteiger charge is 2.18. The maximum absolute atomic E-state index is 12.0. The lowest BCUT2D eigenvalue weighted by Gasteiger charge is -2.09. The van der Waals surface area contributed by atoms with Crippen LogP contribution in [-0.4, -0.2) is 16.0 Å². The molecule has 0 aliphatic rings. The Bertz CT molecular complexity index is 525. The summed E-state index contributed by atoms with van der Waals surface area (Å²) in [4.78, 5) is 16.2. The van der Waals surface area contributed by atoms with Gasteiger partial charge < -0.3 is 10.4 Å². The molecule has 4 nitrogen and oxygen atoms in total. The van der Waals surface area contributed by atoms with E-state index in [1.165, 1.54) is 11.3 Å². The van der Waals surface area contributed by atoms with Crippen molar-refractivity contribution in [3.05, 3.63) is 46.4 Å². The second-order valence-electron chi connectivity index (χ2n) is 3.91. The molecule has 1 unspecified atom stereocenters. The number of aliphatic hydroxyl groups excluding tert-OH is 1. The number of benzene rings is 1. The van der Waals surface area contributed by atoms with Crippen molar-refractivity contribution in [3.63, 3.8) is 0 Å². The summed E-state index contributed by atoms with van der Waals surface area (Å²) in [5.41, 5.74) is 1.38. The Labute approximate surface area is 109 Å². The largest absolute Gasteiger partial charge is 0.390 e. The van der Waals surface area contributed by atoms with Crippen LogP contribution in [0.15, 0.2) is 35.7 Å². The minimum atomic E-state index is -0.324. The van der Waals surface area contributed by atoms with Crippen molar-refractivity contribution in [2.75, 3.05) is 5.32 Å². The summed E-state index contributed by atoms with van der Waals surface area (Å²) in [5, 5.41) is 14.3. The second kappa shape index (κ2) is 5.75. The summed E-state index contributed by atoms with van der Waals surface area (Å²) in [6, 6.07) is 9.31. The van der Waals surface area contributed by atoms with Crippen molar-refractivity contribution < 1.29 is 9.90 Å². The van der Waals surface area contributed by atoms with Crippen LogP contribution in [-0.2, 0) is 11.4 Å². The summed E-state index contributed by atoms with van der Waals surface area (Å²) in [6.07, 6.45) is 0. The van der Waals surface area contributed by atoms with Crippen molar-refractivity contribution in [1.29, 1.82) is 0 Å². The van der Waals surface area contributed by atoms with Crippen molar-refractivity contribution in [2.45, 2.75) is 19.4 Å². The molecule has 0 saturated heterocycles. The number of carbonyl (C=O) groups excluding carboxylic acids is 1. The molecule has 0 bridgehead atoms. The zero-order valence-corrected chi connectivity index (χ0v) is 10.8. The van der Waals surface area contributed by atoms with Gasteiger partial charge in [0.05, 0.1) is 18.2 Å². The highest BCUT2D eigenvalue weighted by molar-refractivity contribution is 7.09. The van der Waals surface area contributed by atoms with E-state index in [0.717, 1.165) is 5.69 Å². The fourth-order valence-electron chi connectivity index (χ4n) is 1.48. The number of nitrogens with one attached hydrogen (secondary N) is 1. The molecular formula is C13H14N2O2S. The molecule has 1 aromatic carbocycles. The van der Waals surface area contributed by atoms with Crippen LogP contribution in [0.1, 0.15) is 23.5 Å². The number of amides is 1. The van der Waals surface area contributed by atoms with Gasteiger partial charge in [0, 0.05) is 11.1 Å². The highest BCUT2D eigenvalue weighted by Crippen LogP contribution is 2.21. The van der Waals surface area contributed by atoms with Gasteiger partial charge in [-0.15, -0.1) is 11.3 Å². The number of hydrogen-bond donors (Lipinski definition) is 2. The Morgan fingerprint density at radius 3 is 2.78 bits per heavy atom. The summed E-state index contributed by atoms with van der Waals surface area (Å²) in [7, 11) is 0. The molecule has 18 heavy (non-hydrogen) atoms. The quantitative estimate of drug-likeness (QED) is 0.889. The highest BCUT2D eigenvalue weighted by atomic mass is 32.1. The van der Waals surface area contributed by atoms with Crippen LogP contribution in [0.25, 0.3) is 0 Å². The Kier molecular flexibility index (Phi) is 4.07. The fourth-order valence-corrected chi connectivity index (χ4v) is 2.34. The van der Waals surface area contributed by atoms with E-state index < -0.39 is 0 Å². The maximum Gasteiger partial charge on any atom is 0.234 e. The molecule has 0 spiro atoms.